The minimum atomic E-state index is -0.220. The van der Waals surface area contributed by atoms with Crippen LogP contribution >= 0.6 is 11.3 Å². The lowest BCUT2D eigenvalue weighted by Crippen LogP contribution is -2.30. The lowest BCUT2D eigenvalue weighted by Gasteiger charge is -2.24. The van der Waals surface area contributed by atoms with Crippen molar-refractivity contribution >= 4 is 28.3 Å². The van der Waals surface area contributed by atoms with Gasteiger partial charge in [-0.1, -0.05) is 42.5 Å². The maximum Gasteiger partial charge on any atom is 0.257 e. The summed E-state index contributed by atoms with van der Waals surface area (Å²) in [5, 5.41) is 3.58. The van der Waals surface area contributed by atoms with Gasteiger partial charge in [-0.15, -0.1) is 11.3 Å². The van der Waals surface area contributed by atoms with E-state index in [0.717, 1.165) is 36.3 Å². The third-order valence-electron chi connectivity index (χ3n) is 6.84. The number of aromatic nitrogens is 1. The number of nitrogens with one attached hydrogen (secondary N) is 1. The molecule has 0 bridgehead atoms. The van der Waals surface area contributed by atoms with E-state index in [1.807, 2.05) is 48.5 Å². The Hall–Kier alpha value is -4.21. The van der Waals surface area contributed by atoms with Crippen molar-refractivity contribution in [3.63, 3.8) is 0 Å². The zero-order valence-electron chi connectivity index (χ0n) is 22.8. The number of carbonyl (C=O) groups excluding carboxylic acids is 2. The highest BCUT2D eigenvalue weighted by Gasteiger charge is 2.21. The number of hydrogen-bond donors (Lipinski definition) is 1. The molecule has 0 aliphatic carbocycles. The molecule has 206 valence electrons. The maximum absolute atomic E-state index is 13.7. The van der Waals surface area contributed by atoms with E-state index in [1.54, 1.807) is 43.4 Å². The molecule has 9 heteroatoms. The smallest absolute Gasteiger partial charge is 0.257 e. The van der Waals surface area contributed by atoms with Gasteiger partial charge in [0.2, 0.25) is 0 Å². The molecule has 0 atom stereocenters. The summed E-state index contributed by atoms with van der Waals surface area (Å²) in [5.74, 6) is 0.669. The van der Waals surface area contributed by atoms with Gasteiger partial charge in [0.1, 0.15) is 0 Å². The quantitative estimate of drug-likeness (QED) is 0.304. The van der Waals surface area contributed by atoms with Gasteiger partial charge in [-0.05, 0) is 48.5 Å². The summed E-state index contributed by atoms with van der Waals surface area (Å²) >= 11 is 1.53. The highest BCUT2D eigenvalue weighted by Crippen LogP contribution is 2.30. The third kappa shape index (κ3) is 6.32. The monoisotopic (exact) mass is 556 g/mol. The van der Waals surface area contributed by atoms with E-state index in [2.05, 4.69) is 22.2 Å². The molecule has 0 fully saturated rings. The molecule has 0 unspecified atom stereocenters. The number of methoxy groups -OCH3 is 2. The standard InChI is InChI=1S/C31H32N4O4S/c1-34-15-14-25-28(20-34)40-31(32-25)33-29(36)23-11-7-10-22(16-23)19-35(18-21-8-5-4-6-9-21)30(37)24-12-13-26(38-2)27(17-24)39-3/h4-13,16-17H,14-15,18-20H2,1-3H3,(H,32,33,36). The Morgan fingerprint density at radius 1 is 0.925 bits per heavy atom. The Kier molecular flexibility index (Phi) is 8.42. The second-order valence-corrected chi connectivity index (χ2v) is 10.8. The number of likely N-dealkylation sites (N-methyl/N-ethyl adjacent to an activating group) is 1. The van der Waals surface area contributed by atoms with Crippen molar-refractivity contribution in [2.75, 3.05) is 33.1 Å². The summed E-state index contributed by atoms with van der Waals surface area (Å²) in [4.78, 5) is 36.7. The van der Waals surface area contributed by atoms with Crippen LogP contribution in [0.1, 0.15) is 42.4 Å². The van der Waals surface area contributed by atoms with E-state index in [9.17, 15) is 9.59 Å². The molecule has 1 aliphatic rings. The highest BCUT2D eigenvalue weighted by molar-refractivity contribution is 7.15. The number of fused-ring (bicyclic) bond motifs is 1. The highest BCUT2D eigenvalue weighted by atomic mass is 32.1. The minimum Gasteiger partial charge on any atom is -0.493 e. The van der Waals surface area contributed by atoms with E-state index in [4.69, 9.17) is 9.47 Å². The Bertz CT molecular complexity index is 1500. The number of rotatable bonds is 9. The minimum absolute atomic E-state index is 0.155. The topological polar surface area (TPSA) is 84.0 Å². The Labute approximate surface area is 238 Å². The second-order valence-electron chi connectivity index (χ2n) is 9.75. The lowest BCUT2D eigenvalue weighted by molar-refractivity contribution is 0.0729. The van der Waals surface area contributed by atoms with E-state index in [1.165, 1.54) is 16.2 Å². The van der Waals surface area contributed by atoms with Gasteiger partial charge in [0, 0.05) is 48.6 Å². The Morgan fingerprint density at radius 3 is 2.45 bits per heavy atom. The average molecular weight is 557 g/mol. The van der Waals surface area contributed by atoms with Gasteiger partial charge in [0.05, 0.1) is 19.9 Å². The predicted octanol–water partition coefficient (Wildman–Crippen LogP) is 5.24. The number of amides is 2. The molecule has 8 nitrogen and oxygen atoms in total. The molecule has 1 aromatic heterocycles. The van der Waals surface area contributed by atoms with Crippen molar-refractivity contribution in [1.29, 1.82) is 0 Å². The summed E-state index contributed by atoms with van der Waals surface area (Å²) in [5.41, 5.74) is 3.92. The van der Waals surface area contributed by atoms with Crippen LogP contribution in [-0.2, 0) is 26.1 Å². The van der Waals surface area contributed by atoms with Crippen LogP contribution in [0.3, 0.4) is 0 Å². The predicted molar refractivity (Wildman–Crippen MR) is 156 cm³/mol. The number of benzene rings is 3. The van der Waals surface area contributed by atoms with Crippen LogP contribution < -0.4 is 14.8 Å². The van der Waals surface area contributed by atoms with Gasteiger partial charge < -0.3 is 19.3 Å². The van der Waals surface area contributed by atoms with Gasteiger partial charge in [-0.3, -0.25) is 14.9 Å². The summed E-state index contributed by atoms with van der Waals surface area (Å²) in [6.07, 6.45) is 0.888. The van der Waals surface area contributed by atoms with Gasteiger partial charge >= 0.3 is 0 Å². The molecule has 5 rings (SSSR count). The molecular formula is C31H32N4O4S. The van der Waals surface area contributed by atoms with Crippen LogP contribution in [0, 0.1) is 0 Å². The number of thiazole rings is 1. The van der Waals surface area contributed by atoms with E-state index >= 15 is 0 Å². The molecule has 2 amide bonds. The van der Waals surface area contributed by atoms with E-state index < -0.39 is 0 Å². The SMILES string of the molecule is COc1ccc(C(=O)N(Cc2ccccc2)Cc2cccc(C(=O)Nc3nc4c(s3)CN(C)CC4)c2)cc1OC. The third-order valence-corrected chi connectivity index (χ3v) is 7.84. The molecule has 2 heterocycles. The Morgan fingerprint density at radius 2 is 1.68 bits per heavy atom. The van der Waals surface area contributed by atoms with Crippen molar-refractivity contribution in [2.45, 2.75) is 26.1 Å². The first-order valence-corrected chi connectivity index (χ1v) is 13.9. The average Bonchev–Trinajstić information content (AvgIpc) is 3.38. The number of anilines is 1. The first-order valence-electron chi connectivity index (χ1n) is 13.1. The fourth-order valence-electron chi connectivity index (χ4n) is 4.73. The van der Waals surface area contributed by atoms with Gasteiger partial charge in [-0.25, -0.2) is 4.98 Å². The lowest BCUT2D eigenvalue weighted by atomic mass is 10.1. The van der Waals surface area contributed by atoms with Crippen molar-refractivity contribution in [3.05, 3.63) is 106 Å². The largest absolute Gasteiger partial charge is 0.493 e. The maximum atomic E-state index is 13.7. The van der Waals surface area contributed by atoms with E-state index in [0.29, 0.717) is 40.8 Å². The molecule has 1 N–H and O–H groups in total. The first kappa shape index (κ1) is 27.4. The summed E-state index contributed by atoms with van der Waals surface area (Å²) in [7, 11) is 5.19. The van der Waals surface area contributed by atoms with Crippen molar-refractivity contribution in [3.8, 4) is 11.5 Å². The Balaban J connectivity index is 1.36. The first-order chi connectivity index (χ1) is 19.4. The summed E-state index contributed by atoms with van der Waals surface area (Å²) < 4.78 is 10.8. The molecular weight excluding hydrogens is 524 g/mol. The van der Waals surface area contributed by atoms with Crippen LogP contribution in [0.15, 0.2) is 72.8 Å². The van der Waals surface area contributed by atoms with Crippen molar-refractivity contribution in [1.82, 2.24) is 14.8 Å². The second kappa shape index (κ2) is 12.3. The van der Waals surface area contributed by atoms with Gasteiger partial charge in [0.15, 0.2) is 16.6 Å². The molecule has 0 spiro atoms. The summed E-state index contributed by atoms with van der Waals surface area (Å²) in [6, 6.07) is 22.4. The van der Waals surface area contributed by atoms with Crippen LogP contribution in [0.25, 0.3) is 0 Å². The molecule has 3 aromatic carbocycles. The molecule has 0 radical (unpaired) electrons. The number of ether oxygens (including phenoxy) is 2. The molecule has 1 aliphatic heterocycles. The number of nitrogens with zero attached hydrogens (tertiary/aromatic N) is 3. The van der Waals surface area contributed by atoms with E-state index in [-0.39, 0.29) is 11.8 Å². The molecule has 0 saturated carbocycles. The van der Waals surface area contributed by atoms with Gasteiger partial charge in [-0.2, -0.15) is 0 Å². The number of hydrogen-bond acceptors (Lipinski definition) is 7. The number of carbonyl (C=O) groups is 2. The molecule has 40 heavy (non-hydrogen) atoms. The van der Waals surface area contributed by atoms with Crippen LogP contribution in [-0.4, -0.2) is 54.4 Å². The van der Waals surface area contributed by atoms with Crippen LogP contribution in [0.5, 0.6) is 11.5 Å². The fourth-order valence-corrected chi connectivity index (χ4v) is 5.82. The van der Waals surface area contributed by atoms with Crippen molar-refractivity contribution in [2.24, 2.45) is 0 Å². The normalized spacial score (nSPS) is 12.9. The zero-order chi connectivity index (χ0) is 28.1. The molecule has 4 aromatic rings. The zero-order valence-corrected chi connectivity index (χ0v) is 23.7. The van der Waals surface area contributed by atoms with Crippen LogP contribution in [0.2, 0.25) is 0 Å². The van der Waals surface area contributed by atoms with Crippen molar-refractivity contribution < 1.29 is 19.1 Å². The molecule has 0 saturated heterocycles. The summed E-state index contributed by atoms with van der Waals surface area (Å²) in [6.45, 7) is 2.54. The van der Waals surface area contributed by atoms with Gasteiger partial charge in [0.25, 0.3) is 11.8 Å². The fraction of sp³-hybridized carbons (Fsp3) is 0.258. The van der Waals surface area contributed by atoms with Crippen LogP contribution in [0.4, 0.5) is 5.13 Å².